The molecule has 0 aromatic rings. The molecule has 0 bridgehead atoms. The van der Waals surface area contributed by atoms with Crippen LogP contribution in [0.15, 0.2) is 0 Å². The number of rotatable bonds is 0. The zero-order chi connectivity index (χ0) is 17.9. The molecule has 22 heavy (non-hydrogen) atoms. The van der Waals surface area contributed by atoms with E-state index in [1.165, 1.54) is 0 Å². The number of aliphatic carboxylic acids is 5. The summed E-state index contributed by atoms with van der Waals surface area (Å²) in [6.07, 6.45) is 0. The largest absolute Gasteiger partial charge is 4.00 e. The van der Waals surface area contributed by atoms with Crippen LogP contribution in [-0.2, 0) is 24.0 Å². The number of carbonyl (C=O) groups is 5. The van der Waals surface area contributed by atoms with Gasteiger partial charge in [0.2, 0.25) is 0 Å². The van der Waals surface area contributed by atoms with Crippen LogP contribution in [0.2, 0.25) is 0 Å². The second-order valence-electron chi connectivity index (χ2n) is 2.46. The summed E-state index contributed by atoms with van der Waals surface area (Å²) in [5.41, 5.74) is 0. The van der Waals surface area contributed by atoms with Gasteiger partial charge in [0.25, 0.3) is 0 Å². The predicted molar refractivity (Wildman–Crippen MR) is 59.2 cm³/mol. The minimum Gasteiger partial charge on any atom is -0.550 e. The van der Waals surface area contributed by atoms with Crippen LogP contribution in [0.1, 0.15) is 34.6 Å². The smallest absolute Gasteiger partial charge is 0.550 e. The first-order chi connectivity index (χ1) is 8.66. The Balaban J connectivity index is -0.0000000250. The van der Waals surface area contributed by atoms with E-state index in [0.717, 1.165) is 34.6 Å². The van der Waals surface area contributed by atoms with E-state index in [4.69, 9.17) is 49.5 Å². The van der Waals surface area contributed by atoms with E-state index in [0.29, 0.717) is 0 Å². The average Bonchev–Trinajstić information content (AvgIpc) is 1.94. The van der Waals surface area contributed by atoms with Gasteiger partial charge in [0.15, 0.2) is 0 Å². The van der Waals surface area contributed by atoms with Crippen LogP contribution in [0.4, 0.5) is 0 Å². The molecule has 0 atom stereocenters. The summed E-state index contributed by atoms with van der Waals surface area (Å²) in [5, 5.41) is 44.4. The Kier molecular flexibility index (Phi) is 71.9. The second-order valence-corrected chi connectivity index (χ2v) is 2.46. The molecule has 120 valence electrons. The first-order valence-electron chi connectivity index (χ1n) is 4.54. The van der Waals surface area contributed by atoms with E-state index in [1.807, 2.05) is 0 Å². The minimum absolute atomic E-state index is 0. The van der Waals surface area contributed by atoms with Crippen LogP contribution < -0.4 is 55.1 Å². The fourth-order valence-corrected chi connectivity index (χ4v) is 0. The first-order valence-corrected chi connectivity index (χ1v) is 4.54. The molecule has 10 nitrogen and oxygen atoms in total. The van der Waals surface area contributed by atoms with Crippen molar-refractivity contribution in [2.75, 3.05) is 0 Å². The van der Waals surface area contributed by atoms with Gasteiger partial charge >= 0.3 is 53.5 Å². The van der Waals surface area contributed by atoms with Gasteiger partial charge in [-0.25, -0.2) is 0 Å². The van der Waals surface area contributed by atoms with Crippen molar-refractivity contribution in [2.45, 2.75) is 34.6 Å². The molecule has 0 heterocycles. The molecule has 0 aliphatic heterocycles. The molecular weight excluding hydrogens is 422 g/mol. The summed E-state index contributed by atoms with van der Waals surface area (Å²) >= 11 is 0. The molecule has 0 saturated carbocycles. The maximum absolute atomic E-state index is 8.89. The molecule has 0 rings (SSSR count). The average molecular weight is 437 g/mol. The van der Waals surface area contributed by atoms with E-state index in [9.17, 15) is 0 Å². The Labute approximate surface area is 166 Å². The van der Waals surface area contributed by atoms with E-state index in [1.54, 1.807) is 0 Å². The number of hydrogen-bond donors (Lipinski definition) is 0. The summed E-state index contributed by atoms with van der Waals surface area (Å²) in [6, 6.07) is 0. The Morgan fingerprint density at radius 2 is 0.455 bits per heavy atom. The molecule has 0 aliphatic rings. The minimum atomic E-state index is -1.08. The number of carboxylic acids is 5. The molecule has 0 fully saturated rings. The summed E-state index contributed by atoms with van der Waals surface area (Å²) in [4.78, 5) is 44.4. The van der Waals surface area contributed by atoms with Crippen molar-refractivity contribution < 1.29 is 79.1 Å². The number of hydrogen-bond acceptors (Lipinski definition) is 10. The van der Waals surface area contributed by atoms with Crippen molar-refractivity contribution in [3.63, 3.8) is 0 Å². The molecule has 0 aromatic heterocycles. The van der Waals surface area contributed by atoms with Crippen LogP contribution in [0, 0.1) is 0 Å². The second kappa shape index (κ2) is 36.9. The van der Waals surface area contributed by atoms with Crippen molar-refractivity contribution in [2.24, 2.45) is 0 Å². The van der Waals surface area contributed by atoms with Gasteiger partial charge in [0.1, 0.15) is 0 Å². The maximum Gasteiger partial charge on any atom is 4.00 e. The standard InChI is InChI=1S/5C2H4O2.Na.Sn/c5*1-2(3)4;;/h5*1H3,(H,3,4);;/q;;;;;+1;+4/p-5. The summed E-state index contributed by atoms with van der Waals surface area (Å²) in [6.45, 7) is 4.86. The number of carbonyl (C=O) groups excluding carboxylic acids is 5. The van der Waals surface area contributed by atoms with E-state index in [2.05, 4.69) is 0 Å². The molecular formula is C10H15NaO10Sn. The summed E-state index contributed by atoms with van der Waals surface area (Å²) in [7, 11) is 0. The quantitative estimate of drug-likeness (QED) is 0.328. The van der Waals surface area contributed by atoms with Crippen molar-refractivity contribution in [3.8, 4) is 0 Å². The van der Waals surface area contributed by atoms with Gasteiger partial charge in [0.05, 0.1) is 0 Å². The van der Waals surface area contributed by atoms with Crippen LogP contribution in [0.25, 0.3) is 0 Å². The van der Waals surface area contributed by atoms with Crippen LogP contribution in [0.5, 0.6) is 0 Å². The topological polar surface area (TPSA) is 201 Å². The van der Waals surface area contributed by atoms with Crippen LogP contribution in [-0.4, -0.2) is 53.8 Å². The van der Waals surface area contributed by atoms with Crippen molar-refractivity contribution >= 4 is 53.8 Å². The zero-order valence-corrected chi connectivity index (χ0v) is 17.9. The molecule has 0 unspecified atom stereocenters. The maximum atomic E-state index is 8.89. The molecule has 0 spiro atoms. The monoisotopic (exact) mass is 438 g/mol. The molecule has 0 aromatic carbocycles. The molecule has 0 amide bonds. The molecule has 0 radical (unpaired) electrons. The summed E-state index contributed by atoms with van der Waals surface area (Å²) in [5.74, 6) is -5.42. The Hall–Kier alpha value is -0.851. The Morgan fingerprint density at radius 3 is 0.455 bits per heavy atom. The van der Waals surface area contributed by atoms with Crippen molar-refractivity contribution in [3.05, 3.63) is 0 Å². The van der Waals surface area contributed by atoms with Crippen LogP contribution >= 0.6 is 0 Å². The van der Waals surface area contributed by atoms with E-state index in [-0.39, 0.29) is 53.5 Å². The third kappa shape index (κ3) is 8700. The Morgan fingerprint density at radius 1 is 0.455 bits per heavy atom. The zero-order valence-electron chi connectivity index (χ0n) is 13.1. The summed E-state index contributed by atoms with van der Waals surface area (Å²) < 4.78 is 0. The predicted octanol–water partition coefficient (Wildman–Crippen LogP) is -9.60. The van der Waals surface area contributed by atoms with E-state index < -0.39 is 29.8 Å². The van der Waals surface area contributed by atoms with Gasteiger partial charge in [-0.15, -0.1) is 0 Å². The van der Waals surface area contributed by atoms with Gasteiger partial charge in [0, 0.05) is 29.8 Å². The fourth-order valence-electron chi connectivity index (χ4n) is 0. The molecule has 0 N–H and O–H groups in total. The van der Waals surface area contributed by atoms with E-state index >= 15 is 0 Å². The third-order valence-corrected chi connectivity index (χ3v) is 0. The van der Waals surface area contributed by atoms with Gasteiger partial charge in [-0.1, -0.05) is 0 Å². The molecule has 12 heteroatoms. The van der Waals surface area contributed by atoms with Crippen molar-refractivity contribution in [1.29, 1.82) is 0 Å². The molecule has 0 aliphatic carbocycles. The van der Waals surface area contributed by atoms with Crippen molar-refractivity contribution in [1.82, 2.24) is 0 Å². The normalized spacial score (nSPS) is 5.68. The first kappa shape index (κ1) is 42.9. The Bertz CT molecular complexity index is 216. The van der Waals surface area contributed by atoms with Gasteiger partial charge in [-0.05, 0) is 34.6 Å². The fraction of sp³-hybridized carbons (Fsp3) is 0.500. The van der Waals surface area contributed by atoms with Gasteiger partial charge < -0.3 is 49.5 Å². The van der Waals surface area contributed by atoms with Gasteiger partial charge in [-0.3, -0.25) is 0 Å². The van der Waals surface area contributed by atoms with Gasteiger partial charge in [-0.2, -0.15) is 0 Å². The number of carboxylic acid groups (broad SMARTS) is 5. The SMILES string of the molecule is CC(=O)[O-].CC(=O)[O-].CC(=O)[O-].CC(=O)[O-].CC(=O)[O-].[Na+].[Sn+4]. The third-order valence-electron chi connectivity index (χ3n) is 0. The molecule has 0 saturated heterocycles. The van der Waals surface area contributed by atoms with Crippen LogP contribution in [0.3, 0.4) is 0 Å².